The molecule has 28 heavy (non-hydrogen) atoms. The number of ether oxygens (including phenoxy) is 5. The number of halogens is 2. The first-order valence-electron chi connectivity index (χ1n) is 8.21. The van der Waals surface area contributed by atoms with Crippen molar-refractivity contribution in [1.29, 1.82) is 0 Å². The summed E-state index contributed by atoms with van der Waals surface area (Å²) in [6.45, 7) is 0.225. The summed E-state index contributed by atoms with van der Waals surface area (Å²) >= 11 is 11.8. The van der Waals surface area contributed by atoms with Crippen molar-refractivity contribution < 1.29 is 28.5 Å². The van der Waals surface area contributed by atoms with Crippen molar-refractivity contribution in [2.24, 2.45) is 0 Å². The van der Waals surface area contributed by atoms with Crippen LogP contribution in [0.4, 0.5) is 0 Å². The van der Waals surface area contributed by atoms with E-state index in [-0.39, 0.29) is 13.2 Å². The number of esters is 1. The third-order valence-corrected chi connectivity index (χ3v) is 4.11. The summed E-state index contributed by atoms with van der Waals surface area (Å²) in [6, 6.07) is 8.32. The Labute approximate surface area is 173 Å². The maximum atomic E-state index is 11.9. The maximum absolute atomic E-state index is 11.9. The third-order valence-electron chi connectivity index (χ3n) is 3.58. The minimum atomic E-state index is -0.514. The Bertz CT molecular complexity index is 826. The number of hydrogen-bond donors (Lipinski definition) is 0. The molecular weight excluding hydrogens is 407 g/mol. The molecule has 0 bridgehead atoms. The zero-order valence-electron chi connectivity index (χ0n) is 15.7. The Morgan fingerprint density at radius 2 is 1.61 bits per heavy atom. The molecule has 8 heteroatoms. The molecule has 0 unspecified atom stereocenters. The number of benzene rings is 2. The standard InChI is InChI=1S/C20H20Cl2O6/c1-24-17-10-13(11-18(25-2)20(17)26-3)4-7-19(23)28-9-8-27-16-6-5-14(21)12-15(16)22/h4-7,10-12H,8-9H2,1-3H3/b7-4+. The zero-order chi connectivity index (χ0) is 20.5. The van der Waals surface area contributed by atoms with Gasteiger partial charge in [-0.15, -0.1) is 0 Å². The van der Waals surface area contributed by atoms with Crippen molar-refractivity contribution in [2.75, 3.05) is 34.5 Å². The second kappa shape index (κ2) is 10.7. The molecule has 0 saturated carbocycles. The highest BCUT2D eigenvalue weighted by Gasteiger charge is 2.12. The molecule has 2 rings (SSSR count). The van der Waals surface area contributed by atoms with Gasteiger partial charge in [0.2, 0.25) is 5.75 Å². The van der Waals surface area contributed by atoms with Gasteiger partial charge in [0.15, 0.2) is 11.5 Å². The predicted octanol–water partition coefficient (Wildman–Crippen LogP) is 4.65. The van der Waals surface area contributed by atoms with E-state index >= 15 is 0 Å². The van der Waals surface area contributed by atoms with Gasteiger partial charge >= 0.3 is 5.97 Å². The molecule has 150 valence electrons. The van der Waals surface area contributed by atoms with Crippen molar-refractivity contribution in [2.45, 2.75) is 0 Å². The Kier molecular flexibility index (Phi) is 8.29. The van der Waals surface area contributed by atoms with Gasteiger partial charge in [-0.2, -0.15) is 0 Å². The maximum Gasteiger partial charge on any atom is 0.330 e. The van der Waals surface area contributed by atoms with Gasteiger partial charge < -0.3 is 23.7 Å². The number of carbonyl (C=O) groups is 1. The first-order chi connectivity index (χ1) is 13.5. The highest BCUT2D eigenvalue weighted by Crippen LogP contribution is 2.38. The van der Waals surface area contributed by atoms with E-state index in [1.54, 1.807) is 36.4 Å². The van der Waals surface area contributed by atoms with Crippen LogP contribution in [-0.2, 0) is 9.53 Å². The van der Waals surface area contributed by atoms with E-state index in [4.69, 9.17) is 46.9 Å². The molecule has 0 heterocycles. The fourth-order valence-corrected chi connectivity index (χ4v) is 2.76. The van der Waals surface area contributed by atoms with Gasteiger partial charge in [-0.25, -0.2) is 4.79 Å². The number of hydrogen-bond acceptors (Lipinski definition) is 6. The molecule has 0 aliphatic rings. The number of rotatable bonds is 9. The SMILES string of the molecule is COc1cc(/C=C/C(=O)OCCOc2ccc(Cl)cc2Cl)cc(OC)c1OC. The molecule has 0 aliphatic heterocycles. The van der Waals surface area contributed by atoms with E-state index in [1.165, 1.54) is 27.4 Å². The summed E-state index contributed by atoms with van der Waals surface area (Å²) < 4.78 is 26.4. The number of carbonyl (C=O) groups excluding carboxylic acids is 1. The van der Waals surface area contributed by atoms with E-state index in [0.29, 0.717) is 38.6 Å². The summed E-state index contributed by atoms with van der Waals surface area (Å²) in [5.41, 5.74) is 0.690. The minimum Gasteiger partial charge on any atom is -0.493 e. The minimum absolute atomic E-state index is 0.0668. The van der Waals surface area contributed by atoms with Crippen LogP contribution in [0.15, 0.2) is 36.4 Å². The van der Waals surface area contributed by atoms with Gasteiger partial charge in [0.25, 0.3) is 0 Å². The van der Waals surface area contributed by atoms with Crippen molar-refractivity contribution >= 4 is 35.2 Å². The van der Waals surface area contributed by atoms with Gasteiger partial charge in [0.1, 0.15) is 19.0 Å². The average molecular weight is 427 g/mol. The molecule has 0 fully saturated rings. The lowest BCUT2D eigenvalue weighted by Gasteiger charge is -2.12. The topological polar surface area (TPSA) is 63.2 Å². The van der Waals surface area contributed by atoms with Crippen LogP contribution in [0.2, 0.25) is 10.0 Å². The van der Waals surface area contributed by atoms with E-state index in [0.717, 1.165) is 0 Å². The van der Waals surface area contributed by atoms with Crippen LogP contribution < -0.4 is 18.9 Å². The van der Waals surface area contributed by atoms with Crippen molar-refractivity contribution in [3.8, 4) is 23.0 Å². The Morgan fingerprint density at radius 1 is 0.929 bits per heavy atom. The Hall–Kier alpha value is -2.57. The summed E-state index contributed by atoms with van der Waals surface area (Å²) in [5.74, 6) is 1.41. The van der Waals surface area contributed by atoms with Gasteiger partial charge in [0, 0.05) is 11.1 Å². The van der Waals surface area contributed by atoms with Crippen molar-refractivity contribution in [1.82, 2.24) is 0 Å². The highest BCUT2D eigenvalue weighted by atomic mass is 35.5. The third kappa shape index (κ3) is 5.97. The zero-order valence-corrected chi connectivity index (χ0v) is 17.2. The summed E-state index contributed by atoms with van der Waals surface area (Å²) in [6.07, 6.45) is 2.89. The molecule has 0 radical (unpaired) electrons. The first kappa shape index (κ1) is 21.7. The molecule has 0 atom stereocenters. The second-order valence-electron chi connectivity index (χ2n) is 5.38. The monoisotopic (exact) mass is 426 g/mol. The Balaban J connectivity index is 1.89. The molecule has 6 nitrogen and oxygen atoms in total. The molecule has 2 aromatic carbocycles. The van der Waals surface area contributed by atoms with E-state index < -0.39 is 5.97 Å². The molecule has 0 spiro atoms. The van der Waals surface area contributed by atoms with Crippen LogP contribution in [0.25, 0.3) is 6.08 Å². The smallest absolute Gasteiger partial charge is 0.330 e. The molecule has 0 aliphatic carbocycles. The van der Waals surface area contributed by atoms with Crippen LogP contribution in [-0.4, -0.2) is 40.5 Å². The Morgan fingerprint density at radius 3 is 2.18 bits per heavy atom. The summed E-state index contributed by atoms with van der Waals surface area (Å²) in [7, 11) is 4.56. The van der Waals surface area contributed by atoms with E-state index in [2.05, 4.69) is 0 Å². The fraction of sp³-hybridized carbons (Fsp3) is 0.250. The lowest BCUT2D eigenvalue weighted by molar-refractivity contribution is -0.138. The molecular formula is C20H20Cl2O6. The van der Waals surface area contributed by atoms with Gasteiger partial charge in [-0.3, -0.25) is 0 Å². The molecule has 0 aromatic heterocycles. The number of methoxy groups -OCH3 is 3. The van der Waals surface area contributed by atoms with Crippen LogP contribution in [0.3, 0.4) is 0 Å². The lowest BCUT2D eigenvalue weighted by Crippen LogP contribution is -2.10. The van der Waals surface area contributed by atoms with Crippen molar-refractivity contribution in [3.05, 3.63) is 52.0 Å². The van der Waals surface area contributed by atoms with E-state index in [9.17, 15) is 4.79 Å². The van der Waals surface area contributed by atoms with Crippen LogP contribution in [0.1, 0.15) is 5.56 Å². The lowest BCUT2D eigenvalue weighted by atomic mass is 10.1. The molecule has 0 N–H and O–H groups in total. The first-order valence-corrected chi connectivity index (χ1v) is 8.96. The summed E-state index contributed by atoms with van der Waals surface area (Å²) in [4.78, 5) is 11.9. The van der Waals surface area contributed by atoms with Gasteiger partial charge in [0.05, 0.1) is 26.4 Å². The quantitative estimate of drug-likeness (QED) is 0.330. The predicted molar refractivity (Wildman–Crippen MR) is 108 cm³/mol. The second-order valence-corrected chi connectivity index (χ2v) is 6.23. The van der Waals surface area contributed by atoms with Crippen LogP contribution in [0, 0.1) is 0 Å². The van der Waals surface area contributed by atoms with E-state index in [1.807, 2.05) is 0 Å². The summed E-state index contributed by atoms with van der Waals surface area (Å²) in [5, 5.41) is 0.904. The van der Waals surface area contributed by atoms with Crippen molar-refractivity contribution in [3.63, 3.8) is 0 Å². The highest BCUT2D eigenvalue weighted by molar-refractivity contribution is 6.35. The fourth-order valence-electron chi connectivity index (χ4n) is 2.30. The van der Waals surface area contributed by atoms with Gasteiger partial charge in [-0.1, -0.05) is 23.2 Å². The molecule has 0 amide bonds. The van der Waals surface area contributed by atoms with Gasteiger partial charge in [-0.05, 0) is 42.0 Å². The largest absolute Gasteiger partial charge is 0.493 e. The molecule has 0 saturated heterocycles. The van der Waals surface area contributed by atoms with Crippen LogP contribution >= 0.6 is 23.2 Å². The normalized spacial score (nSPS) is 10.6. The van der Waals surface area contributed by atoms with Crippen LogP contribution in [0.5, 0.6) is 23.0 Å². The average Bonchev–Trinajstić information content (AvgIpc) is 2.69. The molecule has 2 aromatic rings.